The van der Waals surface area contributed by atoms with Gasteiger partial charge in [-0.15, -0.1) is 11.3 Å². The molecule has 0 saturated heterocycles. The van der Waals surface area contributed by atoms with Crippen molar-refractivity contribution in [3.05, 3.63) is 35.3 Å². The summed E-state index contributed by atoms with van der Waals surface area (Å²) in [7, 11) is 3.28. The van der Waals surface area contributed by atoms with Crippen LogP contribution in [0.15, 0.2) is 29.6 Å². The number of nitrogens with one attached hydrogen (secondary N) is 2. The average Bonchev–Trinajstić information content (AvgIpc) is 2.91. The van der Waals surface area contributed by atoms with Gasteiger partial charge in [0, 0.05) is 36.4 Å². The Bertz CT molecular complexity index is 682. The Labute approximate surface area is 133 Å². The number of likely N-dealkylation sites (N-methyl/N-ethyl adjacent to an activating group) is 1. The van der Waals surface area contributed by atoms with Gasteiger partial charge in [-0.05, 0) is 19.1 Å². The quantitative estimate of drug-likeness (QED) is 0.908. The van der Waals surface area contributed by atoms with E-state index in [1.807, 2.05) is 30.5 Å². The lowest BCUT2D eigenvalue weighted by Gasteiger charge is -2.12. The highest BCUT2D eigenvalue weighted by Gasteiger charge is 2.08. The normalized spacial score (nSPS) is 10.1. The molecule has 0 fully saturated rings. The standard InChI is InChI=1S/C15H18N4O2S/c1-10-9-22-14(17-10)11-5-4-6-12(7-11)18-15(21)16-8-13(20)19(2)3/h4-7,9H,8H2,1-3H3,(H2,16,18,21). The molecular formula is C15H18N4O2S. The van der Waals surface area contributed by atoms with E-state index in [2.05, 4.69) is 15.6 Å². The smallest absolute Gasteiger partial charge is 0.319 e. The van der Waals surface area contributed by atoms with Gasteiger partial charge in [0.1, 0.15) is 5.01 Å². The number of anilines is 1. The molecule has 0 bridgehead atoms. The SMILES string of the molecule is Cc1csc(-c2cccc(NC(=O)NCC(=O)N(C)C)c2)n1. The lowest BCUT2D eigenvalue weighted by molar-refractivity contribution is -0.127. The first-order valence-corrected chi connectivity index (χ1v) is 7.61. The molecule has 22 heavy (non-hydrogen) atoms. The first-order valence-electron chi connectivity index (χ1n) is 6.73. The fourth-order valence-corrected chi connectivity index (χ4v) is 2.50. The second kappa shape index (κ2) is 7.04. The maximum absolute atomic E-state index is 11.8. The van der Waals surface area contributed by atoms with E-state index in [0.717, 1.165) is 16.3 Å². The van der Waals surface area contributed by atoms with Crippen molar-refractivity contribution in [2.75, 3.05) is 26.0 Å². The summed E-state index contributed by atoms with van der Waals surface area (Å²) in [5.41, 5.74) is 2.57. The molecule has 3 amide bonds. The summed E-state index contributed by atoms with van der Waals surface area (Å²) in [4.78, 5) is 29.0. The third kappa shape index (κ3) is 4.29. The molecular weight excluding hydrogens is 300 g/mol. The average molecular weight is 318 g/mol. The zero-order chi connectivity index (χ0) is 16.1. The van der Waals surface area contributed by atoms with E-state index in [1.54, 1.807) is 31.5 Å². The Balaban J connectivity index is 1.98. The summed E-state index contributed by atoms with van der Waals surface area (Å²) in [6, 6.07) is 7.02. The van der Waals surface area contributed by atoms with Crippen molar-refractivity contribution in [2.45, 2.75) is 6.92 Å². The minimum Gasteiger partial charge on any atom is -0.347 e. The molecule has 0 radical (unpaired) electrons. The molecule has 116 valence electrons. The maximum atomic E-state index is 11.8. The van der Waals surface area contributed by atoms with E-state index >= 15 is 0 Å². The third-order valence-corrected chi connectivity index (χ3v) is 3.89. The van der Waals surface area contributed by atoms with E-state index in [9.17, 15) is 9.59 Å². The third-order valence-electron chi connectivity index (χ3n) is 2.89. The zero-order valence-electron chi connectivity index (χ0n) is 12.7. The Hall–Kier alpha value is -2.41. The highest BCUT2D eigenvalue weighted by atomic mass is 32.1. The Morgan fingerprint density at radius 3 is 2.73 bits per heavy atom. The largest absolute Gasteiger partial charge is 0.347 e. The van der Waals surface area contributed by atoms with Crippen LogP contribution in [0.3, 0.4) is 0 Å². The molecule has 1 aromatic carbocycles. The number of amides is 3. The fourth-order valence-electron chi connectivity index (χ4n) is 1.71. The Morgan fingerprint density at radius 1 is 1.32 bits per heavy atom. The fraction of sp³-hybridized carbons (Fsp3) is 0.267. The van der Waals surface area contributed by atoms with Crippen molar-refractivity contribution >= 4 is 29.0 Å². The van der Waals surface area contributed by atoms with Crippen LogP contribution in [0.2, 0.25) is 0 Å². The van der Waals surface area contributed by atoms with E-state index < -0.39 is 6.03 Å². The van der Waals surface area contributed by atoms with Crippen LogP contribution in [-0.2, 0) is 4.79 Å². The second-order valence-electron chi connectivity index (χ2n) is 4.97. The molecule has 0 aliphatic rings. The minimum absolute atomic E-state index is 0.0375. The van der Waals surface area contributed by atoms with E-state index in [4.69, 9.17) is 0 Å². The molecule has 0 aliphatic carbocycles. The van der Waals surface area contributed by atoms with E-state index in [1.165, 1.54) is 4.90 Å². The van der Waals surface area contributed by atoms with Gasteiger partial charge in [-0.1, -0.05) is 12.1 Å². The molecule has 0 spiro atoms. The molecule has 0 unspecified atom stereocenters. The second-order valence-corrected chi connectivity index (χ2v) is 5.83. The number of aryl methyl sites for hydroxylation is 1. The van der Waals surface area contributed by atoms with Gasteiger partial charge in [0.15, 0.2) is 0 Å². The summed E-state index contributed by atoms with van der Waals surface area (Å²) in [6.07, 6.45) is 0. The molecule has 2 N–H and O–H groups in total. The molecule has 0 aliphatic heterocycles. The summed E-state index contributed by atoms with van der Waals surface area (Å²) in [6.45, 7) is 1.90. The highest BCUT2D eigenvalue weighted by Crippen LogP contribution is 2.25. The van der Waals surface area contributed by atoms with Crippen LogP contribution in [0, 0.1) is 6.92 Å². The molecule has 0 atom stereocenters. The van der Waals surface area contributed by atoms with Gasteiger partial charge in [-0.3, -0.25) is 4.79 Å². The maximum Gasteiger partial charge on any atom is 0.319 e. The number of carbonyl (C=O) groups excluding carboxylic acids is 2. The van der Waals surface area contributed by atoms with Crippen LogP contribution in [0.1, 0.15) is 5.69 Å². The number of benzene rings is 1. The van der Waals surface area contributed by atoms with Crippen LogP contribution < -0.4 is 10.6 Å². The number of hydrogen-bond acceptors (Lipinski definition) is 4. The monoisotopic (exact) mass is 318 g/mol. The van der Waals surface area contributed by atoms with Crippen molar-refractivity contribution in [3.63, 3.8) is 0 Å². The van der Waals surface area contributed by atoms with Crippen molar-refractivity contribution in [1.82, 2.24) is 15.2 Å². The minimum atomic E-state index is -0.414. The number of nitrogens with zero attached hydrogens (tertiary/aromatic N) is 2. The summed E-state index contributed by atoms with van der Waals surface area (Å²) in [5.74, 6) is -0.165. The molecule has 1 aromatic heterocycles. The lowest BCUT2D eigenvalue weighted by Crippen LogP contribution is -2.38. The van der Waals surface area contributed by atoms with Gasteiger partial charge >= 0.3 is 6.03 Å². The van der Waals surface area contributed by atoms with Gasteiger partial charge in [0.2, 0.25) is 5.91 Å². The number of hydrogen-bond donors (Lipinski definition) is 2. The van der Waals surface area contributed by atoms with Crippen molar-refractivity contribution < 1.29 is 9.59 Å². The molecule has 7 heteroatoms. The van der Waals surface area contributed by atoms with Crippen molar-refractivity contribution in [2.24, 2.45) is 0 Å². The molecule has 0 saturated carbocycles. The highest BCUT2D eigenvalue weighted by molar-refractivity contribution is 7.13. The van der Waals surface area contributed by atoms with Crippen molar-refractivity contribution in [1.29, 1.82) is 0 Å². The molecule has 1 heterocycles. The van der Waals surface area contributed by atoms with Gasteiger partial charge in [0.05, 0.1) is 6.54 Å². The van der Waals surface area contributed by atoms with Crippen LogP contribution in [0.4, 0.5) is 10.5 Å². The summed E-state index contributed by atoms with van der Waals surface area (Å²) in [5, 5.41) is 8.12. The van der Waals surface area contributed by atoms with Gasteiger partial charge in [-0.25, -0.2) is 9.78 Å². The van der Waals surface area contributed by atoms with E-state index in [-0.39, 0.29) is 12.5 Å². The number of thiazole rings is 1. The number of rotatable bonds is 4. The van der Waals surface area contributed by atoms with Crippen LogP contribution in [0.5, 0.6) is 0 Å². The lowest BCUT2D eigenvalue weighted by atomic mass is 10.2. The molecule has 2 rings (SSSR count). The van der Waals surface area contributed by atoms with E-state index in [0.29, 0.717) is 5.69 Å². The Kier molecular flexibility index (Phi) is 5.11. The van der Waals surface area contributed by atoms with Crippen molar-refractivity contribution in [3.8, 4) is 10.6 Å². The molecule has 6 nitrogen and oxygen atoms in total. The number of urea groups is 1. The predicted molar refractivity (Wildman–Crippen MR) is 88.0 cm³/mol. The number of aromatic nitrogens is 1. The first-order chi connectivity index (χ1) is 10.5. The first kappa shape index (κ1) is 16.0. The predicted octanol–water partition coefficient (Wildman–Crippen LogP) is 2.33. The van der Waals surface area contributed by atoms with Crippen LogP contribution in [-0.4, -0.2) is 42.5 Å². The number of carbonyl (C=O) groups is 2. The Morgan fingerprint density at radius 2 is 2.09 bits per heavy atom. The van der Waals surface area contributed by atoms with Crippen LogP contribution >= 0.6 is 11.3 Å². The topological polar surface area (TPSA) is 74.3 Å². The summed E-state index contributed by atoms with van der Waals surface area (Å²) < 4.78 is 0. The van der Waals surface area contributed by atoms with Gasteiger partial charge in [-0.2, -0.15) is 0 Å². The zero-order valence-corrected chi connectivity index (χ0v) is 13.5. The van der Waals surface area contributed by atoms with Gasteiger partial charge < -0.3 is 15.5 Å². The van der Waals surface area contributed by atoms with Gasteiger partial charge in [0.25, 0.3) is 0 Å². The molecule has 2 aromatic rings. The van der Waals surface area contributed by atoms with Crippen LogP contribution in [0.25, 0.3) is 10.6 Å². The summed E-state index contributed by atoms with van der Waals surface area (Å²) >= 11 is 1.56.